The predicted molar refractivity (Wildman–Crippen MR) is 94.8 cm³/mol. The Labute approximate surface area is 153 Å². The molecule has 0 saturated heterocycles. The fourth-order valence-electron chi connectivity index (χ4n) is 2.80. The van der Waals surface area contributed by atoms with Crippen molar-refractivity contribution in [1.29, 1.82) is 0 Å². The van der Waals surface area contributed by atoms with Crippen LogP contribution in [0.25, 0.3) is 10.8 Å². The Hall–Kier alpha value is -2.87. The molecule has 27 heavy (non-hydrogen) atoms. The SMILES string of the molecule is CCCCc1ccc(C#Cc2cc(F)c3c(F)c(F)c(F)cc3c2)c(F)c1. The molecular weight excluding hydrogens is 359 g/mol. The van der Waals surface area contributed by atoms with Crippen molar-refractivity contribution >= 4 is 10.8 Å². The van der Waals surface area contributed by atoms with Gasteiger partial charge in [-0.25, -0.2) is 22.0 Å². The third-order valence-electron chi connectivity index (χ3n) is 4.22. The number of unbranched alkanes of at least 4 members (excludes halogenated alkanes) is 1. The summed E-state index contributed by atoms with van der Waals surface area (Å²) in [6.07, 6.45) is 2.72. The minimum atomic E-state index is -1.73. The summed E-state index contributed by atoms with van der Waals surface area (Å²) in [5.74, 6) is -1.12. The first-order valence-corrected chi connectivity index (χ1v) is 8.48. The first kappa shape index (κ1) is 18.9. The van der Waals surface area contributed by atoms with Crippen LogP contribution < -0.4 is 0 Å². The molecule has 3 aromatic rings. The van der Waals surface area contributed by atoms with Crippen LogP contribution >= 0.6 is 0 Å². The van der Waals surface area contributed by atoms with Crippen LogP contribution in [0.15, 0.2) is 36.4 Å². The highest BCUT2D eigenvalue weighted by Gasteiger charge is 2.17. The summed E-state index contributed by atoms with van der Waals surface area (Å²) in [6.45, 7) is 2.05. The second-order valence-electron chi connectivity index (χ2n) is 6.21. The number of benzene rings is 3. The number of hydrogen-bond donors (Lipinski definition) is 0. The molecule has 0 atom stereocenters. The van der Waals surface area contributed by atoms with Crippen molar-refractivity contribution in [2.75, 3.05) is 0 Å². The summed E-state index contributed by atoms with van der Waals surface area (Å²) in [7, 11) is 0. The standard InChI is InChI=1S/C22H15F5/c1-2-3-4-13-5-7-15(17(23)10-13)8-6-14-9-16-12-19(25)21(26)22(27)20(16)18(24)11-14/h5,7,9-12H,2-4H2,1H3. The van der Waals surface area contributed by atoms with Gasteiger partial charge in [-0.15, -0.1) is 0 Å². The molecule has 0 aromatic heterocycles. The summed E-state index contributed by atoms with van der Waals surface area (Å²) in [5, 5.41) is -0.808. The van der Waals surface area contributed by atoms with E-state index in [2.05, 4.69) is 11.8 Å². The second kappa shape index (κ2) is 7.79. The average molecular weight is 374 g/mol. The lowest BCUT2D eigenvalue weighted by molar-refractivity contribution is 0.451. The molecular formula is C22H15F5. The Bertz CT molecular complexity index is 1070. The highest BCUT2D eigenvalue weighted by atomic mass is 19.2. The van der Waals surface area contributed by atoms with Gasteiger partial charge in [0.15, 0.2) is 17.5 Å². The van der Waals surface area contributed by atoms with Crippen LogP contribution in [-0.2, 0) is 6.42 Å². The topological polar surface area (TPSA) is 0 Å². The van der Waals surface area contributed by atoms with Gasteiger partial charge in [-0.2, -0.15) is 0 Å². The second-order valence-corrected chi connectivity index (χ2v) is 6.21. The lowest BCUT2D eigenvalue weighted by Crippen LogP contribution is -1.95. The van der Waals surface area contributed by atoms with Gasteiger partial charge < -0.3 is 0 Å². The van der Waals surface area contributed by atoms with Crippen LogP contribution in [0.5, 0.6) is 0 Å². The molecule has 0 amide bonds. The first-order valence-electron chi connectivity index (χ1n) is 8.48. The molecule has 0 heterocycles. The normalized spacial score (nSPS) is 10.7. The smallest absolute Gasteiger partial charge is 0.195 e. The van der Waals surface area contributed by atoms with Crippen LogP contribution in [0.1, 0.15) is 36.5 Å². The molecule has 3 rings (SSSR count). The number of aryl methyl sites for hydroxylation is 1. The zero-order chi connectivity index (χ0) is 19.6. The number of halogens is 5. The molecule has 0 fully saturated rings. The predicted octanol–water partition coefficient (Wildman–Crippen LogP) is 6.28. The van der Waals surface area contributed by atoms with E-state index >= 15 is 0 Å². The molecule has 0 aliphatic heterocycles. The Morgan fingerprint density at radius 2 is 1.56 bits per heavy atom. The number of rotatable bonds is 3. The zero-order valence-corrected chi connectivity index (χ0v) is 14.5. The van der Waals surface area contributed by atoms with Crippen molar-refractivity contribution in [2.45, 2.75) is 26.2 Å². The lowest BCUT2D eigenvalue weighted by Gasteiger charge is -2.04. The lowest BCUT2D eigenvalue weighted by atomic mass is 10.0. The Kier molecular flexibility index (Phi) is 5.46. The van der Waals surface area contributed by atoms with E-state index in [0.717, 1.165) is 30.9 Å². The van der Waals surface area contributed by atoms with E-state index in [9.17, 15) is 22.0 Å². The summed E-state index contributed by atoms with van der Waals surface area (Å²) < 4.78 is 68.7. The molecule has 3 aromatic carbocycles. The van der Waals surface area contributed by atoms with Gasteiger partial charge in [-0.05, 0) is 54.1 Å². The third-order valence-corrected chi connectivity index (χ3v) is 4.22. The molecule has 0 nitrogen and oxygen atoms in total. The van der Waals surface area contributed by atoms with E-state index in [4.69, 9.17) is 0 Å². The first-order chi connectivity index (χ1) is 12.9. The van der Waals surface area contributed by atoms with Gasteiger partial charge in [0.1, 0.15) is 11.6 Å². The van der Waals surface area contributed by atoms with Crippen LogP contribution in [0, 0.1) is 40.9 Å². The molecule has 0 unspecified atom stereocenters. The average Bonchev–Trinajstić information content (AvgIpc) is 2.63. The summed E-state index contributed by atoms with van der Waals surface area (Å²) in [5.41, 5.74) is 1.09. The largest absolute Gasteiger partial charge is 0.206 e. The number of hydrogen-bond acceptors (Lipinski definition) is 0. The monoisotopic (exact) mass is 374 g/mol. The summed E-state index contributed by atoms with van der Waals surface area (Å²) in [4.78, 5) is 0. The summed E-state index contributed by atoms with van der Waals surface area (Å²) in [6, 6.07) is 7.56. The molecule has 0 N–H and O–H groups in total. The van der Waals surface area contributed by atoms with E-state index < -0.39 is 34.5 Å². The van der Waals surface area contributed by atoms with E-state index in [1.54, 1.807) is 12.1 Å². The van der Waals surface area contributed by atoms with Crippen molar-refractivity contribution in [1.82, 2.24) is 0 Å². The fourth-order valence-corrected chi connectivity index (χ4v) is 2.80. The van der Waals surface area contributed by atoms with Crippen molar-refractivity contribution in [3.63, 3.8) is 0 Å². The zero-order valence-electron chi connectivity index (χ0n) is 14.5. The fraction of sp³-hybridized carbons (Fsp3) is 0.182. The van der Waals surface area contributed by atoms with Gasteiger partial charge in [0.05, 0.1) is 10.9 Å². The van der Waals surface area contributed by atoms with Crippen molar-refractivity contribution in [3.8, 4) is 11.8 Å². The Morgan fingerprint density at radius 3 is 2.26 bits per heavy atom. The van der Waals surface area contributed by atoms with E-state index in [-0.39, 0.29) is 16.5 Å². The molecule has 0 bridgehead atoms. The van der Waals surface area contributed by atoms with Crippen LogP contribution in [0.3, 0.4) is 0 Å². The van der Waals surface area contributed by atoms with Gasteiger partial charge in [0.25, 0.3) is 0 Å². The highest BCUT2D eigenvalue weighted by Crippen LogP contribution is 2.26. The Morgan fingerprint density at radius 1 is 0.778 bits per heavy atom. The minimum absolute atomic E-state index is 0.0971. The highest BCUT2D eigenvalue weighted by molar-refractivity contribution is 5.85. The minimum Gasteiger partial charge on any atom is -0.206 e. The van der Waals surface area contributed by atoms with Gasteiger partial charge in [-0.3, -0.25) is 0 Å². The van der Waals surface area contributed by atoms with Gasteiger partial charge >= 0.3 is 0 Å². The molecule has 0 saturated carbocycles. The molecule has 138 valence electrons. The quantitative estimate of drug-likeness (QED) is 0.288. The van der Waals surface area contributed by atoms with Crippen molar-refractivity contribution in [3.05, 3.63) is 82.2 Å². The van der Waals surface area contributed by atoms with E-state index in [1.165, 1.54) is 12.1 Å². The molecule has 0 spiro atoms. The van der Waals surface area contributed by atoms with Crippen LogP contribution in [0.2, 0.25) is 0 Å². The van der Waals surface area contributed by atoms with Gasteiger partial charge in [-0.1, -0.05) is 31.3 Å². The molecule has 5 heteroatoms. The maximum absolute atomic E-state index is 14.1. The van der Waals surface area contributed by atoms with Crippen LogP contribution in [0.4, 0.5) is 22.0 Å². The maximum Gasteiger partial charge on any atom is 0.195 e. The van der Waals surface area contributed by atoms with Gasteiger partial charge in [0, 0.05) is 5.56 Å². The maximum atomic E-state index is 14.1. The molecule has 0 radical (unpaired) electrons. The summed E-state index contributed by atoms with van der Waals surface area (Å²) >= 11 is 0. The number of fused-ring (bicyclic) bond motifs is 1. The van der Waals surface area contributed by atoms with Crippen molar-refractivity contribution < 1.29 is 22.0 Å². The van der Waals surface area contributed by atoms with Crippen LogP contribution in [-0.4, -0.2) is 0 Å². The Balaban J connectivity index is 1.98. The van der Waals surface area contributed by atoms with E-state index in [0.29, 0.717) is 6.07 Å². The van der Waals surface area contributed by atoms with Crippen molar-refractivity contribution in [2.24, 2.45) is 0 Å². The molecule has 0 aliphatic carbocycles. The molecule has 0 aliphatic rings. The van der Waals surface area contributed by atoms with E-state index in [1.807, 2.05) is 6.92 Å². The third kappa shape index (κ3) is 3.95. The van der Waals surface area contributed by atoms with Gasteiger partial charge in [0.2, 0.25) is 0 Å².